The first kappa shape index (κ1) is 19.4. The number of para-hydroxylation sites is 1. The molecule has 1 amide bonds. The van der Waals surface area contributed by atoms with E-state index < -0.39 is 5.82 Å². The van der Waals surface area contributed by atoms with Crippen LogP contribution >= 0.6 is 11.8 Å². The van der Waals surface area contributed by atoms with Gasteiger partial charge in [0.2, 0.25) is 5.91 Å². The summed E-state index contributed by atoms with van der Waals surface area (Å²) in [6.45, 7) is 8.14. The average Bonchev–Trinajstić information content (AvgIpc) is 2.62. The summed E-state index contributed by atoms with van der Waals surface area (Å²) in [5, 5.41) is 4.29. The van der Waals surface area contributed by atoms with E-state index in [9.17, 15) is 9.18 Å². The zero-order chi connectivity index (χ0) is 19.6. The number of nitrogens with one attached hydrogen (secondary N) is 1. The first-order chi connectivity index (χ1) is 12.9. The van der Waals surface area contributed by atoms with E-state index in [-0.39, 0.29) is 16.8 Å². The molecule has 27 heavy (non-hydrogen) atoms. The molecule has 0 aliphatic carbocycles. The minimum absolute atomic E-state index is 0.204. The SMILES string of the molecule is CCC(Sc1cc(C)c2cc(C)cc(C)c2n1)C(=O)Nc1ccccc1F. The predicted octanol–water partition coefficient (Wildman–Crippen LogP) is 5.81. The fraction of sp³-hybridized carbons (Fsp3) is 0.273. The van der Waals surface area contributed by atoms with Crippen LogP contribution in [0.3, 0.4) is 0 Å². The summed E-state index contributed by atoms with van der Waals surface area (Å²) < 4.78 is 13.8. The van der Waals surface area contributed by atoms with Crippen molar-refractivity contribution in [1.29, 1.82) is 0 Å². The second-order valence-electron chi connectivity index (χ2n) is 6.74. The molecule has 0 aliphatic heterocycles. The van der Waals surface area contributed by atoms with E-state index in [0.717, 1.165) is 27.1 Å². The quantitative estimate of drug-likeness (QED) is 0.566. The Balaban J connectivity index is 1.86. The molecule has 1 atom stereocenters. The summed E-state index contributed by atoms with van der Waals surface area (Å²) in [4.78, 5) is 17.4. The van der Waals surface area contributed by atoms with Crippen molar-refractivity contribution in [2.24, 2.45) is 0 Å². The van der Waals surface area contributed by atoms with Gasteiger partial charge >= 0.3 is 0 Å². The van der Waals surface area contributed by atoms with Gasteiger partial charge in [0, 0.05) is 5.39 Å². The molecule has 0 saturated heterocycles. The smallest absolute Gasteiger partial charge is 0.237 e. The lowest BCUT2D eigenvalue weighted by molar-refractivity contribution is -0.115. The lowest BCUT2D eigenvalue weighted by Gasteiger charge is -2.16. The van der Waals surface area contributed by atoms with Crippen LogP contribution in [0.15, 0.2) is 47.5 Å². The van der Waals surface area contributed by atoms with Crippen LogP contribution in [0.1, 0.15) is 30.0 Å². The highest BCUT2D eigenvalue weighted by Gasteiger charge is 2.20. The summed E-state index contributed by atoms with van der Waals surface area (Å²) in [5.74, 6) is -0.649. The number of pyridine rings is 1. The highest BCUT2D eigenvalue weighted by Crippen LogP contribution is 2.30. The molecule has 2 aromatic carbocycles. The Morgan fingerprint density at radius 1 is 1.15 bits per heavy atom. The molecule has 1 heterocycles. The average molecular weight is 383 g/mol. The van der Waals surface area contributed by atoms with Crippen molar-refractivity contribution in [1.82, 2.24) is 4.98 Å². The van der Waals surface area contributed by atoms with Gasteiger partial charge < -0.3 is 5.32 Å². The number of hydrogen-bond donors (Lipinski definition) is 1. The van der Waals surface area contributed by atoms with E-state index in [1.807, 2.05) is 13.0 Å². The summed E-state index contributed by atoms with van der Waals surface area (Å²) in [5.41, 5.74) is 4.64. The molecule has 0 saturated carbocycles. The normalized spacial score (nSPS) is 12.2. The molecule has 0 bridgehead atoms. The lowest BCUT2D eigenvalue weighted by atomic mass is 10.0. The van der Waals surface area contributed by atoms with Crippen LogP contribution < -0.4 is 5.32 Å². The van der Waals surface area contributed by atoms with Crippen LogP contribution in [-0.2, 0) is 4.79 Å². The van der Waals surface area contributed by atoms with Gasteiger partial charge in [-0.15, -0.1) is 0 Å². The maximum absolute atomic E-state index is 13.8. The molecule has 140 valence electrons. The lowest BCUT2D eigenvalue weighted by Crippen LogP contribution is -2.25. The van der Waals surface area contributed by atoms with E-state index in [1.54, 1.807) is 18.2 Å². The Bertz CT molecular complexity index is 1000. The summed E-state index contributed by atoms with van der Waals surface area (Å²) >= 11 is 1.42. The molecule has 0 aliphatic rings. The van der Waals surface area contributed by atoms with Gasteiger partial charge in [-0.05, 0) is 62.6 Å². The highest BCUT2D eigenvalue weighted by molar-refractivity contribution is 8.00. The molecule has 1 aromatic heterocycles. The number of aromatic nitrogens is 1. The van der Waals surface area contributed by atoms with Gasteiger partial charge in [0.25, 0.3) is 0 Å². The van der Waals surface area contributed by atoms with Crippen LogP contribution in [-0.4, -0.2) is 16.1 Å². The van der Waals surface area contributed by atoms with Crippen LogP contribution in [0.4, 0.5) is 10.1 Å². The number of halogens is 1. The standard InChI is InChI=1S/C22H23FN2OS/c1-5-19(22(26)24-18-9-7-6-8-17(18)23)27-20-12-14(3)16-11-13(2)10-15(4)21(16)25-20/h6-12,19H,5H2,1-4H3,(H,24,26). The summed E-state index contributed by atoms with van der Waals surface area (Å²) in [7, 11) is 0. The fourth-order valence-corrected chi connectivity index (χ4v) is 4.13. The number of carbonyl (C=O) groups excluding carboxylic acids is 1. The van der Waals surface area contributed by atoms with Gasteiger partial charge in [0.15, 0.2) is 0 Å². The first-order valence-corrected chi connectivity index (χ1v) is 9.87. The van der Waals surface area contributed by atoms with Crippen LogP contribution in [0.5, 0.6) is 0 Å². The number of hydrogen-bond acceptors (Lipinski definition) is 3. The highest BCUT2D eigenvalue weighted by atomic mass is 32.2. The van der Waals surface area contributed by atoms with Gasteiger partial charge in [0.05, 0.1) is 21.5 Å². The summed E-state index contributed by atoms with van der Waals surface area (Å²) in [6.07, 6.45) is 0.622. The number of aryl methyl sites for hydroxylation is 3. The first-order valence-electron chi connectivity index (χ1n) is 8.99. The Morgan fingerprint density at radius 3 is 2.59 bits per heavy atom. The maximum atomic E-state index is 13.8. The Hall–Kier alpha value is -2.40. The minimum atomic E-state index is -0.434. The van der Waals surface area contributed by atoms with Crippen molar-refractivity contribution < 1.29 is 9.18 Å². The third-order valence-electron chi connectivity index (χ3n) is 4.49. The number of thioether (sulfide) groups is 1. The van der Waals surface area contributed by atoms with E-state index in [1.165, 1.54) is 23.4 Å². The zero-order valence-corrected chi connectivity index (χ0v) is 16.8. The second kappa shape index (κ2) is 8.09. The molecule has 1 unspecified atom stereocenters. The number of rotatable bonds is 5. The van der Waals surface area contributed by atoms with Gasteiger partial charge in [-0.1, -0.05) is 42.4 Å². The van der Waals surface area contributed by atoms with Crippen LogP contribution in [0.2, 0.25) is 0 Å². The Kier molecular flexibility index (Phi) is 5.80. The van der Waals surface area contributed by atoms with Crippen molar-refractivity contribution in [2.45, 2.75) is 44.4 Å². The monoisotopic (exact) mass is 382 g/mol. The molecule has 3 nitrogen and oxygen atoms in total. The van der Waals surface area contributed by atoms with Crippen molar-refractivity contribution in [3.63, 3.8) is 0 Å². The molecule has 5 heteroatoms. The molecule has 0 radical (unpaired) electrons. The topological polar surface area (TPSA) is 42.0 Å². The molecular weight excluding hydrogens is 359 g/mol. The largest absolute Gasteiger partial charge is 0.323 e. The van der Waals surface area contributed by atoms with E-state index in [2.05, 4.69) is 38.2 Å². The molecule has 0 fully saturated rings. The van der Waals surface area contributed by atoms with Crippen molar-refractivity contribution in [2.75, 3.05) is 5.32 Å². The fourth-order valence-electron chi connectivity index (χ4n) is 3.12. The number of benzene rings is 2. The van der Waals surface area contributed by atoms with E-state index in [0.29, 0.717) is 6.42 Å². The van der Waals surface area contributed by atoms with E-state index >= 15 is 0 Å². The van der Waals surface area contributed by atoms with Crippen LogP contribution in [0, 0.1) is 26.6 Å². The van der Waals surface area contributed by atoms with Gasteiger partial charge in [-0.25, -0.2) is 9.37 Å². The van der Waals surface area contributed by atoms with Crippen LogP contribution in [0.25, 0.3) is 10.9 Å². The molecular formula is C22H23FN2OS. The second-order valence-corrected chi connectivity index (χ2v) is 7.96. The summed E-state index contributed by atoms with van der Waals surface area (Å²) in [6, 6.07) is 12.5. The molecule has 0 spiro atoms. The van der Waals surface area contributed by atoms with Crippen molar-refractivity contribution >= 4 is 34.3 Å². The number of anilines is 1. The number of carbonyl (C=O) groups is 1. The maximum Gasteiger partial charge on any atom is 0.237 e. The molecule has 3 aromatic rings. The number of amides is 1. The third-order valence-corrected chi connectivity index (χ3v) is 5.77. The van der Waals surface area contributed by atoms with Gasteiger partial charge in [-0.3, -0.25) is 4.79 Å². The minimum Gasteiger partial charge on any atom is -0.323 e. The van der Waals surface area contributed by atoms with Gasteiger partial charge in [0.1, 0.15) is 5.82 Å². The Labute approximate surface area is 163 Å². The Morgan fingerprint density at radius 2 is 1.89 bits per heavy atom. The van der Waals surface area contributed by atoms with Crippen molar-refractivity contribution in [3.8, 4) is 0 Å². The molecule has 3 rings (SSSR count). The van der Waals surface area contributed by atoms with Crippen molar-refractivity contribution in [3.05, 3.63) is 65.0 Å². The third kappa shape index (κ3) is 4.30. The zero-order valence-electron chi connectivity index (χ0n) is 16.0. The van der Waals surface area contributed by atoms with Gasteiger partial charge in [-0.2, -0.15) is 0 Å². The predicted molar refractivity (Wildman–Crippen MR) is 111 cm³/mol. The number of fused-ring (bicyclic) bond motifs is 1. The molecule has 1 N–H and O–H groups in total. The number of nitrogens with zero attached hydrogens (tertiary/aromatic N) is 1. The van der Waals surface area contributed by atoms with E-state index in [4.69, 9.17) is 4.98 Å².